The number of halogens is 1. The highest BCUT2D eigenvalue weighted by Crippen LogP contribution is 2.52. The van der Waals surface area contributed by atoms with E-state index in [-0.39, 0.29) is 0 Å². The van der Waals surface area contributed by atoms with Gasteiger partial charge < -0.3 is 5.11 Å². The van der Waals surface area contributed by atoms with Gasteiger partial charge in [-0.3, -0.25) is 4.79 Å². The van der Waals surface area contributed by atoms with E-state index < -0.39 is 11.4 Å². The molecule has 98 valence electrons. The molecule has 0 unspecified atom stereocenters. The highest BCUT2D eigenvalue weighted by Gasteiger charge is 2.54. The summed E-state index contributed by atoms with van der Waals surface area (Å²) in [6.07, 6.45) is 1.45. The zero-order chi connectivity index (χ0) is 13.6. The van der Waals surface area contributed by atoms with Crippen molar-refractivity contribution in [1.29, 1.82) is 0 Å². The summed E-state index contributed by atoms with van der Waals surface area (Å²) >= 11 is 5.01. The van der Waals surface area contributed by atoms with Crippen LogP contribution in [0.1, 0.15) is 23.4 Å². The summed E-state index contributed by atoms with van der Waals surface area (Å²) in [5.41, 5.74) is 1.19. The van der Waals surface area contributed by atoms with E-state index in [0.29, 0.717) is 0 Å². The Hall–Kier alpha value is -1.20. The molecule has 3 rings (SSSR count). The van der Waals surface area contributed by atoms with Crippen molar-refractivity contribution in [3.05, 3.63) is 39.3 Å². The highest BCUT2D eigenvalue weighted by molar-refractivity contribution is 9.10. The molecule has 2 aromatic rings. The third kappa shape index (κ3) is 2.01. The van der Waals surface area contributed by atoms with Crippen LogP contribution in [-0.4, -0.2) is 16.1 Å². The van der Waals surface area contributed by atoms with Gasteiger partial charge in [0, 0.05) is 14.9 Å². The Kier molecular flexibility index (Phi) is 2.98. The van der Waals surface area contributed by atoms with Crippen molar-refractivity contribution in [3.63, 3.8) is 0 Å². The smallest absolute Gasteiger partial charge is 0.315 e. The lowest BCUT2D eigenvalue weighted by atomic mass is 10.0. The number of rotatable bonds is 3. The molecule has 1 aliphatic carbocycles. The number of carboxylic acids is 1. The molecule has 3 nitrogen and oxygen atoms in total. The van der Waals surface area contributed by atoms with E-state index >= 15 is 0 Å². The van der Waals surface area contributed by atoms with Gasteiger partial charge in [-0.25, -0.2) is 4.98 Å². The van der Waals surface area contributed by atoms with Gasteiger partial charge in [-0.05, 0) is 25.8 Å². The number of benzene rings is 1. The number of hydrogen-bond acceptors (Lipinski definition) is 3. The maximum Gasteiger partial charge on any atom is 0.315 e. The van der Waals surface area contributed by atoms with Crippen molar-refractivity contribution < 1.29 is 9.90 Å². The van der Waals surface area contributed by atoms with E-state index in [2.05, 4.69) is 20.9 Å². The molecule has 0 bridgehead atoms. The molecule has 0 amide bonds. The molecular weight excluding hydrogens is 326 g/mol. The van der Waals surface area contributed by atoms with Crippen molar-refractivity contribution in [2.75, 3.05) is 0 Å². The van der Waals surface area contributed by atoms with E-state index in [1.165, 1.54) is 11.3 Å². The molecule has 0 atom stereocenters. The third-order valence-corrected chi connectivity index (χ3v) is 5.58. The molecule has 1 aromatic heterocycles. The second-order valence-electron chi connectivity index (χ2n) is 4.80. The Morgan fingerprint density at radius 1 is 1.42 bits per heavy atom. The Labute approximate surface area is 123 Å². The van der Waals surface area contributed by atoms with Gasteiger partial charge in [0.15, 0.2) is 0 Å². The zero-order valence-corrected chi connectivity index (χ0v) is 12.7. The van der Waals surface area contributed by atoms with Crippen LogP contribution >= 0.6 is 27.3 Å². The van der Waals surface area contributed by atoms with Gasteiger partial charge in [0.05, 0.1) is 5.69 Å². The maximum atomic E-state index is 11.4. The van der Waals surface area contributed by atoms with Gasteiger partial charge in [0.1, 0.15) is 10.4 Å². The van der Waals surface area contributed by atoms with E-state index in [9.17, 15) is 9.90 Å². The Balaban J connectivity index is 2.08. The Morgan fingerprint density at radius 2 is 2.11 bits per heavy atom. The Bertz CT molecular complexity index is 661. The quantitative estimate of drug-likeness (QED) is 0.920. The minimum atomic E-state index is -0.724. The van der Waals surface area contributed by atoms with E-state index in [1.54, 1.807) is 0 Å². The van der Waals surface area contributed by atoms with Crippen molar-refractivity contribution in [3.8, 4) is 10.6 Å². The highest BCUT2D eigenvalue weighted by atomic mass is 79.9. The number of carbonyl (C=O) groups is 1. The minimum Gasteiger partial charge on any atom is -0.481 e. The summed E-state index contributed by atoms with van der Waals surface area (Å²) < 4.78 is 0.982. The summed E-state index contributed by atoms with van der Waals surface area (Å²) in [6.45, 7) is 1.90. The molecule has 1 saturated carbocycles. The first kappa shape index (κ1) is 12.8. The van der Waals surface area contributed by atoms with Crippen molar-refractivity contribution in [1.82, 2.24) is 4.98 Å². The fourth-order valence-corrected chi connectivity index (χ4v) is 4.20. The molecule has 0 radical (unpaired) electrons. The van der Waals surface area contributed by atoms with Crippen LogP contribution in [0.3, 0.4) is 0 Å². The van der Waals surface area contributed by atoms with Crippen LogP contribution < -0.4 is 0 Å². The predicted molar refractivity (Wildman–Crippen MR) is 78.5 cm³/mol. The SMILES string of the molecule is Cc1nc(-c2ccccc2Br)sc1C1(C(=O)O)CC1. The minimum absolute atomic E-state index is 0.665. The molecule has 0 spiro atoms. The lowest BCUT2D eigenvalue weighted by Gasteiger charge is -2.06. The van der Waals surface area contributed by atoms with E-state index in [0.717, 1.165) is 38.5 Å². The number of thiazole rings is 1. The summed E-state index contributed by atoms with van der Waals surface area (Å²) in [6, 6.07) is 7.87. The number of aliphatic carboxylic acids is 1. The van der Waals surface area contributed by atoms with Crippen LogP contribution in [0.15, 0.2) is 28.7 Å². The number of aryl methyl sites for hydroxylation is 1. The summed E-state index contributed by atoms with van der Waals surface area (Å²) in [5.74, 6) is -0.724. The van der Waals surface area contributed by atoms with Gasteiger partial charge in [-0.2, -0.15) is 0 Å². The topological polar surface area (TPSA) is 50.2 Å². The second-order valence-corrected chi connectivity index (χ2v) is 6.65. The molecular formula is C14H12BrNO2S. The fourth-order valence-electron chi connectivity index (χ4n) is 2.25. The standard InChI is InChI=1S/C14H12BrNO2S/c1-8-11(14(6-7-14)13(17)18)19-12(16-8)9-4-2-3-5-10(9)15/h2-5H,6-7H2,1H3,(H,17,18). The summed E-state index contributed by atoms with van der Waals surface area (Å²) in [7, 11) is 0. The van der Waals surface area contributed by atoms with Crippen LogP contribution in [-0.2, 0) is 10.2 Å². The molecule has 19 heavy (non-hydrogen) atoms. The number of carboxylic acid groups (broad SMARTS) is 1. The van der Waals surface area contributed by atoms with Crippen LogP contribution in [0.25, 0.3) is 10.6 Å². The van der Waals surface area contributed by atoms with E-state index in [4.69, 9.17) is 0 Å². The largest absolute Gasteiger partial charge is 0.481 e. The number of nitrogens with zero attached hydrogens (tertiary/aromatic N) is 1. The van der Waals surface area contributed by atoms with Crippen molar-refractivity contribution in [2.45, 2.75) is 25.2 Å². The lowest BCUT2D eigenvalue weighted by molar-refractivity contribution is -0.139. The summed E-state index contributed by atoms with van der Waals surface area (Å²) in [4.78, 5) is 16.9. The van der Waals surface area contributed by atoms with Gasteiger partial charge in [0.2, 0.25) is 0 Å². The first-order valence-electron chi connectivity index (χ1n) is 6.01. The predicted octanol–water partition coefficient (Wildman–Crippen LogP) is 4.00. The molecule has 1 N–H and O–H groups in total. The molecule has 5 heteroatoms. The van der Waals surface area contributed by atoms with E-state index in [1.807, 2.05) is 31.2 Å². The van der Waals surface area contributed by atoms with Gasteiger partial charge in [-0.1, -0.05) is 34.1 Å². The average molecular weight is 338 g/mol. The second kappa shape index (κ2) is 4.42. The van der Waals surface area contributed by atoms with Gasteiger partial charge in [-0.15, -0.1) is 11.3 Å². The molecule has 1 aromatic carbocycles. The van der Waals surface area contributed by atoms with Crippen LogP contribution in [0, 0.1) is 6.92 Å². The van der Waals surface area contributed by atoms with Gasteiger partial charge >= 0.3 is 5.97 Å². The summed E-state index contributed by atoms with van der Waals surface area (Å²) in [5, 5.41) is 10.3. The number of hydrogen-bond donors (Lipinski definition) is 1. The van der Waals surface area contributed by atoms with Crippen LogP contribution in [0.2, 0.25) is 0 Å². The zero-order valence-electron chi connectivity index (χ0n) is 10.3. The fraction of sp³-hybridized carbons (Fsp3) is 0.286. The van der Waals surface area contributed by atoms with Crippen LogP contribution in [0.4, 0.5) is 0 Å². The third-order valence-electron chi connectivity index (χ3n) is 3.49. The molecule has 1 fully saturated rings. The molecule has 1 aliphatic rings. The normalized spacial score (nSPS) is 16.3. The molecule has 0 saturated heterocycles. The monoisotopic (exact) mass is 337 g/mol. The van der Waals surface area contributed by atoms with Crippen LogP contribution in [0.5, 0.6) is 0 Å². The first-order valence-corrected chi connectivity index (χ1v) is 7.62. The Morgan fingerprint density at radius 3 is 2.68 bits per heavy atom. The molecule has 0 aliphatic heterocycles. The maximum absolute atomic E-state index is 11.4. The van der Waals surface area contributed by atoms with Gasteiger partial charge in [0.25, 0.3) is 0 Å². The van der Waals surface area contributed by atoms with Crippen molar-refractivity contribution in [2.24, 2.45) is 0 Å². The molecule has 1 heterocycles. The number of aromatic nitrogens is 1. The first-order chi connectivity index (χ1) is 9.04. The van der Waals surface area contributed by atoms with Crippen molar-refractivity contribution >= 4 is 33.2 Å². The average Bonchev–Trinajstić information content (AvgIpc) is 3.09. The lowest BCUT2D eigenvalue weighted by Crippen LogP contribution is -2.18.